The Kier molecular flexibility index (Phi) is 6.87. The lowest BCUT2D eigenvalue weighted by Gasteiger charge is -2.38. The highest BCUT2D eigenvalue weighted by Crippen LogP contribution is 2.22. The Morgan fingerprint density at radius 2 is 1.44 bits per heavy atom. The minimum absolute atomic E-state index is 0.177. The number of benzene rings is 2. The van der Waals surface area contributed by atoms with Crippen molar-refractivity contribution in [3.8, 4) is 5.69 Å². The molecular weight excluding hydrogens is 454 g/mol. The van der Waals surface area contributed by atoms with E-state index in [1.165, 1.54) is 11.1 Å². The first-order chi connectivity index (χ1) is 17.4. The largest absolute Gasteiger partial charge is 0.341 e. The van der Waals surface area contributed by atoms with Gasteiger partial charge in [0.05, 0.1) is 17.6 Å². The van der Waals surface area contributed by atoms with Crippen molar-refractivity contribution in [3.63, 3.8) is 0 Å². The first-order valence-electron chi connectivity index (χ1n) is 12.8. The molecular formula is C28H33N5O3. The Labute approximate surface area is 211 Å². The van der Waals surface area contributed by atoms with Crippen LogP contribution in [0.4, 0.5) is 0 Å². The summed E-state index contributed by atoms with van der Waals surface area (Å²) in [6, 6.07) is 16.3. The number of carbonyl (C=O) groups is 2. The molecule has 2 aliphatic heterocycles. The Bertz CT molecular complexity index is 1300. The summed E-state index contributed by atoms with van der Waals surface area (Å²) in [6.45, 7) is 8.76. The molecule has 3 aromatic rings. The predicted octanol–water partition coefficient (Wildman–Crippen LogP) is 2.65. The monoisotopic (exact) mass is 487 g/mol. The molecule has 0 bridgehead atoms. The normalized spacial score (nSPS) is 21.1. The number of carbonyl (C=O) groups excluding carboxylic acids is 2. The maximum Gasteiger partial charge on any atom is 0.279 e. The average molecular weight is 488 g/mol. The third-order valence-corrected chi connectivity index (χ3v) is 7.25. The number of rotatable bonds is 4. The molecule has 8 heteroatoms. The molecule has 0 saturated carbocycles. The van der Waals surface area contributed by atoms with Gasteiger partial charge in [0, 0.05) is 44.7 Å². The fourth-order valence-corrected chi connectivity index (χ4v) is 5.51. The van der Waals surface area contributed by atoms with E-state index in [0.29, 0.717) is 61.0 Å². The van der Waals surface area contributed by atoms with Crippen molar-refractivity contribution >= 4 is 22.6 Å². The lowest BCUT2D eigenvalue weighted by Crippen LogP contribution is -2.53. The molecule has 5 rings (SSSR count). The fourth-order valence-electron chi connectivity index (χ4n) is 5.51. The second kappa shape index (κ2) is 10.2. The van der Waals surface area contributed by atoms with E-state index in [1.807, 2.05) is 29.2 Å². The van der Waals surface area contributed by atoms with Gasteiger partial charge in [0.25, 0.3) is 11.5 Å². The van der Waals surface area contributed by atoms with Gasteiger partial charge in [-0.05, 0) is 36.5 Å². The summed E-state index contributed by atoms with van der Waals surface area (Å²) in [5.74, 6) is 1.05. The van der Waals surface area contributed by atoms with Crippen molar-refractivity contribution in [2.24, 2.45) is 11.8 Å². The lowest BCUT2D eigenvalue weighted by molar-refractivity contribution is -0.135. The predicted molar refractivity (Wildman–Crippen MR) is 139 cm³/mol. The average Bonchev–Trinajstić information content (AvgIpc) is 2.89. The van der Waals surface area contributed by atoms with Gasteiger partial charge in [0.2, 0.25) is 5.91 Å². The topological polar surface area (TPSA) is 78.8 Å². The summed E-state index contributed by atoms with van der Waals surface area (Å²) in [4.78, 5) is 45.6. The van der Waals surface area contributed by atoms with Crippen molar-refractivity contribution in [1.29, 1.82) is 0 Å². The van der Waals surface area contributed by atoms with Crippen LogP contribution >= 0.6 is 0 Å². The highest BCUT2D eigenvalue weighted by atomic mass is 16.2. The van der Waals surface area contributed by atoms with Crippen LogP contribution in [0, 0.1) is 11.8 Å². The highest BCUT2D eigenvalue weighted by Gasteiger charge is 2.29. The molecule has 188 valence electrons. The van der Waals surface area contributed by atoms with Crippen LogP contribution in [0.25, 0.3) is 16.5 Å². The van der Waals surface area contributed by atoms with E-state index in [-0.39, 0.29) is 23.1 Å². The molecule has 0 radical (unpaired) electrons. The van der Waals surface area contributed by atoms with E-state index in [0.717, 1.165) is 13.1 Å². The van der Waals surface area contributed by atoms with Crippen molar-refractivity contribution in [3.05, 3.63) is 70.6 Å². The number of amides is 2. The van der Waals surface area contributed by atoms with Crippen LogP contribution in [0.2, 0.25) is 0 Å². The molecule has 0 unspecified atom stereocenters. The zero-order valence-corrected chi connectivity index (χ0v) is 21.0. The minimum Gasteiger partial charge on any atom is -0.341 e. The molecule has 3 heterocycles. The van der Waals surface area contributed by atoms with Crippen LogP contribution in [0.3, 0.4) is 0 Å². The molecule has 2 aliphatic rings. The number of fused-ring (bicyclic) bond motifs is 1. The zero-order valence-electron chi connectivity index (χ0n) is 21.0. The molecule has 0 spiro atoms. The Hall–Kier alpha value is -3.52. The van der Waals surface area contributed by atoms with Gasteiger partial charge in [-0.15, -0.1) is 0 Å². The molecule has 36 heavy (non-hydrogen) atoms. The number of hydrogen-bond acceptors (Lipinski definition) is 5. The zero-order chi connectivity index (χ0) is 25.2. The Balaban J connectivity index is 1.31. The highest BCUT2D eigenvalue weighted by molar-refractivity contribution is 6.04. The maximum atomic E-state index is 13.6. The molecule has 0 N–H and O–H groups in total. The first kappa shape index (κ1) is 24.2. The van der Waals surface area contributed by atoms with Gasteiger partial charge in [0.1, 0.15) is 0 Å². The third kappa shape index (κ3) is 4.91. The molecule has 2 amide bonds. The number of likely N-dealkylation sites (tertiary alicyclic amines) is 1. The van der Waals surface area contributed by atoms with E-state index < -0.39 is 0 Å². The number of aromatic nitrogens is 2. The Morgan fingerprint density at radius 1 is 0.833 bits per heavy atom. The third-order valence-electron chi connectivity index (χ3n) is 7.25. The van der Waals surface area contributed by atoms with Crippen molar-refractivity contribution in [1.82, 2.24) is 24.5 Å². The smallest absolute Gasteiger partial charge is 0.279 e. The van der Waals surface area contributed by atoms with Crippen LogP contribution in [-0.2, 0) is 4.79 Å². The van der Waals surface area contributed by atoms with Gasteiger partial charge in [-0.25, -0.2) is 0 Å². The van der Waals surface area contributed by atoms with Crippen LogP contribution in [0.1, 0.15) is 30.8 Å². The summed E-state index contributed by atoms with van der Waals surface area (Å²) < 4.78 is 1.31. The minimum atomic E-state index is -0.252. The molecule has 2 atom stereocenters. The van der Waals surface area contributed by atoms with Gasteiger partial charge in [-0.3, -0.25) is 19.3 Å². The SMILES string of the molecule is C[C@@H]1C[C@H](C)CN(C(=O)CN2CCN(C(=O)c3nn(-c4ccccc4)c(=O)c4ccccc34)CC2)C1. The van der Waals surface area contributed by atoms with Gasteiger partial charge < -0.3 is 9.80 Å². The first-order valence-corrected chi connectivity index (χ1v) is 12.8. The number of hydrogen-bond donors (Lipinski definition) is 0. The molecule has 2 fully saturated rings. The standard InChI is InChI=1S/C28H33N5O3/c1-20-16-21(2)18-32(17-20)25(34)19-30-12-14-31(15-13-30)28(36)26-23-10-6-7-11-24(23)27(35)33(29-26)22-8-4-3-5-9-22/h3-11,20-21H,12-19H2,1-2H3/t20-,21+. The van der Waals surface area contributed by atoms with Crippen LogP contribution < -0.4 is 5.56 Å². The molecule has 8 nitrogen and oxygen atoms in total. The fraction of sp³-hybridized carbons (Fsp3) is 0.429. The second-order valence-electron chi connectivity index (χ2n) is 10.3. The van der Waals surface area contributed by atoms with Crippen LogP contribution in [0.15, 0.2) is 59.4 Å². The summed E-state index contributed by atoms with van der Waals surface area (Å²) >= 11 is 0. The summed E-state index contributed by atoms with van der Waals surface area (Å²) in [5, 5.41) is 5.55. The second-order valence-corrected chi connectivity index (χ2v) is 10.3. The van der Waals surface area contributed by atoms with Crippen LogP contribution in [0.5, 0.6) is 0 Å². The van der Waals surface area contributed by atoms with Crippen molar-refractivity contribution in [2.75, 3.05) is 45.8 Å². The summed E-state index contributed by atoms with van der Waals surface area (Å²) in [6.07, 6.45) is 1.17. The maximum absolute atomic E-state index is 13.6. The van der Waals surface area contributed by atoms with Gasteiger partial charge in [-0.1, -0.05) is 50.2 Å². The van der Waals surface area contributed by atoms with Crippen molar-refractivity contribution in [2.45, 2.75) is 20.3 Å². The van der Waals surface area contributed by atoms with E-state index in [4.69, 9.17) is 0 Å². The van der Waals surface area contributed by atoms with E-state index in [2.05, 4.69) is 23.8 Å². The number of piperidine rings is 1. The van der Waals surface area contributed by atoms with Gasteiger partial charge in [0.15, 0.2) is 5.69 Å². The quantitative estimate of drug-likeness (QED) is 0.565. The number of nitrogens with zero attached hydrogens (tertiary/aromatic N) is 5. The number of para-hydroxylation sites is 1. The van der Waals surface area contributed by atoms with E-state index >= 15 is 0 Å². The molecule has 2 saturated heterocycles. The summed E-state index contributed by atoms with van der Waals surface area (Å²) in [7, 11) is 0. The van der Waals surface area contributed by atoms with Gasteiger partial charge in [-0.2, -0.15) is 9.78 Å². The van der Waals surface area contributed by atoms with E-state index in [9.17, 15) is 14.4 Å². The number of piperazine rings is 1. The molecule has 1 aromatic heterocycles. The van der Waals surface area contributed by atoms with Gasteiger partial charge >= 0.3 is 0 Å². The van der Waals surface area contributed by atoms with E-state index in [1.54, 1.807) is 35.2 Å². The van der Waals surface area contributed by atoms with Crippen molar-refractivity contribution < 1.29 is 9.59 Å². The molecule has 2 aromatic carbocycles. The summed E-state index contributed by atoms with van der Waals surface area (Å²) in [5.41, 5.74) is 0.639. The van der Waals surface area contributed by atoms with Crippen LogP contribution in [-0.4, -0.2) is 82.1 Å². The Morgan fingerprint density at radius 3 is 2.11 bits per heavy atom. The molecule has 0 aliphatic carbocycles. The lowest BCUT2D eigenvalue weighted by atomic mass is 9.92.